The summed E-state index contributed by atoms with van der Waals surface area (Å²) in [4.78, 5) is 13.3. The predicted octanol–water partition coefficient (Wildman–Crippen LogP) is 1.56. The van der Waals surface area contributed by atoms with Gasteiger partial charge in [-0.3, -0.25) is 4.79 Å². The summed E-state index contributed by atoms with van der Waals surface area (Å²) < 4.78 is 0. The van der Waals surface area contributed by atoms with Crippen molar-refractivity contribution in [3.63, 3.8) is 0 Å². The molecule has 4 heteroatoms. The van der Waals surface area contributed by atoms with Gasteiger partial charge in [0.1, 0.15) is 5.54 Å². The van der Waals surface area contributed by atoms with E-state index in [4.69, 9.17) is 0 Å². The monoisotopic (exact) mass is 242 g/mol. The molecule has 0 radical (unpaired) electrons. The first kappa shape index (κ1) is 14.5. The van der Waals surface area contributed by atoms with Crippen LogP contribution in [0.5, 0.6) is 0 Å². The quantitative estimate of drug-likeness (QED) is 0.742. The van der Waals surface area contributed by atoms with Crippen molar-refractivity contribution in [1.29, 1.82) is 0 Å². The van der Waals surface area contributed by atoms with Crippen molar-refractivity contribution in [3.8, 4) is 0 Å². The van der Waals surface area contributed by atoms with Gasteiger partial charge in [-0.15, -0.1) is 0 Å². The van der Waals surface area contributed by atoms with Crippen LogP contribution in [0.4, 0.5) is 0 Å². The summed E-state index contributed by atoms with van der Waals surface area (Å²) in [6.07, 6.45) is 6.63. The third kappa shape index (κ3) is 4.28. The molecule has 0 aliphatic heterocycles. The number of hydrogen-bond acceptors (Lipinski definition) is 3. The molecule has 1 atom stereocenters. The van der Waals surface area contributed by atoms with E-state index < -0.39 is 11.5 Å². The lowest BCUT2D eigenvalue weighted by atomic mass is 9.88. The number of nitrogens with one attached hydrogen (secondary N) is 1. The van der Waals surface area contributed by atoms with Crippen LogP contribution in [0.15, 0.2) is 0 Å². The first-order valence-corrected chi connectivity index (χ1v) is 6.59. The van der Waals surface area contributed by atoms with Gasteiger partial charge in [0.15, 0.2) is 0 Å². The number of likely N-dealkylation sites (N-methyl/N-ethyl adjacent to an activating group) is 2. The molecular formula is C13H26N2O2. The SMILES string of the molecule is CNC(C)(CN(C)CC1CCCCC1)C(=O)O. The number of rotatable bonds is 6. The van der Waals surface area contributed by atoms with Crippen molar-refractivity contribution in [3.05, 3.63) is 0 Å². The minimum atomic E-state index is -0.844. The topological polar surface area (TPSA) is 52.6 Å². The van der Waals surface area contributed by atoms with Gasteiger partial charge in [0.2, 0.25) is 0 Å². The van der Waals surface area contributed by atoms with Crippen molar-refractivity contribution in [1.82, 2.24) is 10.2 Å². The Morgan fingerprint density at radius 1 is 1.41 bits per heavy atom. The van der Waals surface area contributed by atoms with Gasteiger partial charge in [-0.2, -0.15) is 0 Å². The average Bonchev–Trinajstić information content (AvgIpc) is 2.29. The molecule has 0 aromatic heterocycles. The molecule has 2 N–H and O–H groups in total. The molecule has 1 rings (SSSR count). The molecular weight excluding hydrogens is 216 g/mol. The summed E-state index contributed by atoms with van der Waals surface area (Å²) in [6.45, 7) is 3.31. The summed E-state index contributed by atoms with van der Waals surface area (Å²) in [7, 11) is 3.73. The van der Waals surface area contributed by atoms with Crippen LogP contribution in [0.25, 0.3) is 0 Å². The Morgan fingerprint density at radius 2 is 2.00 bits per heavy atom. The lowest BCUT2D eigenvalue weighted by Gasteiger charge is -2.33. The highest BCUT2D eigenvalue weighted by atomic mass is 16.4. The van der Waals surface area contributed by atoms with E-state index in [0.717, 1.165) is 12.5 Å². The average molecular weight is 242 g/mol. The van der Waals surface area contributed by atoms with E-state index in [0.29, 0.717) is 6.54 Å². The maximum absolute atomic E-state index is 11.2. The van der Waals surface area contributed by atoms with Gasteiger partial charge < -0.3 is 15.3 Å². The van der Waals surface area contributed by atoms with Gasteiger partial charge >= 0.3 is 5.97 Å². The number of carbonyl (C=O) groups is 1. The smallest absolute Gasteiger partial charge is 0.324 e. The van der Waals surface area contributed by atoms with Crippen LogP contribution in [-0.2, 0) is 4.79 Å². The highest BCUT2D eigenvalue weighted by molar-refractivity contribution is 5.78. The van der Waals surface area contributed by atoms with Crippen LogP contribution < -0.4 is 5.32 Å². The minimum Gasteiger partial charge on any atom is -0.480 e. The van der Waals surface area contributed by atoms with E-state index in [2.05, 4.69) is 10.2 Å². The molecule has 0 bridgehead atoms. The second-order valence-electron chi connectivity index (χ2n) is 5.59. The highest BCUT2D eigenvalue weighted by Crippen LogP contribution is 2.24. The van der Waals surface area contributed by atoms with E-state index in [1.54, 1.807) is 14.0 Å². The molecule has 17 heavy (non-hydrogen) atoms. The Hall–Kier alpha value is -0.610. The number of nitrogens with zero attached hydrogens (tertiary/aromatic N) is 1. The summed E-state index contributed by atoms with van der Waals surface area (Å²) in [5.74, 6) is -0.0286. The fraction of sp³-hybridized carbons (Fsp3) is 0.923. The van der Waals surface area contributed by atoms with Crippen molar-refractivity contribution in [2.75, 3.05) is 27.2 Å². The number of hydrogen-bond donors (Lipinski definition) is 2. The molecule has 0 heterocycles. The Morgan fingerprint density at radius 3 is 2.47 bits per heavy atom. The van der Waals surface area contributed by atoms with Crippen LogP contribution in [0, 0.1) is 5.92 Å². The standard InChI is InChI=1S/C13H26N2O2/c1-13(14-2,12(16)17)10-15(3)9-11-7-5-4-6-8-11/h11,14H,4-10H2,1-3H3,(H,16,17). The van der Waals surface area contributed by atoms with Crippen molar-refractivity contribution in [2.45, 2.75) is 44.6 Å². The number of aliphatic carboxylic acids is 1. The van der Waals surface area contributed by atoms with Crippen molar-refractivity contribution in [2.24, 2.45) is 5.92 Å². The summed E-state index contributed by atoms with van der Waals surface area (Å²) in [5, 5.41) is 12.1. The molecule has 100 valence electrons. The van der Waals surface area contributed by atoms with Gasteiger partial charge in [-0.1, -0.05) is 19.3 Å². The van der Waals surface area contributed by atoms with Crippen LogP contribution in [-0.4, -0.2) is 48.7 Å². The molecule has 1 unspecified atom stereocenters. The number of carboxylic acid groups (broad SMARTS) is 1. The van der Waals surface area contributed by atoms with Gasteiger partial charge in [0.05, 0.1) is 0 Å². The first-order chi connectivity index (χ1) is 7.98. The van der Waals surface area contributed by atoms with E-state index >= 15 is 0 Å². The molecule has 1 aliphatic carbocycles. The van der Waals surface area contributed by atoms with E-state index in [1.807, 2.05) is 7.05 Å². The Labute approximate surface area is 104 Å². The molecule has 0 aromatic rings. The Balaban J connectivity index is 2.41. The summed E-state index contributed by atoms with van der Waals surface area (Å²) >= 11 is 0. The van der Waals surface area contributed by atoms with Crippen LogP contribution >= 0.6 is 0 Å². The molecule has 0 aromatic carbocycles. The zero-order valence-electron chi connectivity index (χ0n) is 11.3. The Bertz CT molecular complexity index is 252. The minimum absolute atomic E-state index is 0.551. The van der Waals surface area contributed by atoms with Gasteiger partial charge in [0, 0.05) is 13.1 Å². The number of carboxylic acids is 1. The lowest BCUT2D eigenvalue weighted by Crippen LogP contribution is -2.55. The summed E-state index contributed by atoms with van der Waals surface area (Å²) in [5.41, 5.74) is -0.844. The largest absolute Gasteiger partial charge is 0.480 e. The molecule has 1 fully saturated rings. The molecule has 0 saturated heterocycles. The molecule has 1 aliphatic rings. The molecule has 4 nitrogen and oxygen atoms in total. The predicted molar refractivity (Wildman–Crippen MR) is 69.2 cm³/mol. The summed E-state index contributed by atoms with van der Waals surface area (Å²) in [6, 6.07) is 0. The van der Waals surface area contributed by atoms with Crippen LogP contribution in [0.2, 0.25) is 0 Å². The zero-order valence-corrected chi connectivity index (χ0v) is 11.3. The molecule has 0 amide bonds. The van der Waals surface area contributed by atoms with Gasteiger partial charge in [-0.25, -0.2) is 0 Å². The Kier molecular flexibility index (Phi) is 5.40. The first-order valence-electron chi connectivity index (χ1n) is 6.59. The van der Waals surface area contributed by atoms with Crippen molar-refractivity contribution < 1.29 is 9.90 Å². The second-order valence-corrected chi connectivity index (χ2v) is 5.59. The highest BCUT2D eigenvalue weighted by Gasteiger charge is 2.32. The maximum Gasteiger partial charge on any atom is 0.324 e. The third-order valence-electron chi connectivity index (χ3n) is 3.90. The van der Waals surface area contributed by atoms with E-state index in [-0.39, 0.29) is 0 Å². The maximum atomic E-state index is 11.2. The fourth-order valence-corrected chi connectivity index (χ4v) is 2.67. The van der Waals surface area contributed by atoms with Gasteiger partial charge in [0.25, 0.3) is 0 Å². The molecule has 1 saturated carbocycles. The fourth-order valence-electron chi connectivity index (χ4n) is 2.67. The molecule has 0 spiro atoms. The lowest BCUT2D eigenvalue weighted by molar-refractivity contribution is -0.144. The van der Waals surface area contributed by atoms with Crippen LogP contribution in [0.3, 0.4) is 0 Å². The van der Waals surface area contributed by atoms with Crippen molar-refractivity contribution >= 4 is 5.97 Å². The normalized spacial score (nSPS) is 21.4. The van der Waals surface area contributed by atoms with E-state index in [9.17, 15) is 9.90 Å². The second kappa shape index (κ2) is 6.36. The van der Waals surface area contributed by atoms with E-state index in [1.165, 1.54) is 32.1 Å². The zero-order chi connectivity index (χ0) is 12.9. The van der Waals surface area contributed by atoms with Crippen LogP contribution in [0.1, 0.15) is 39.0 Å². The third-order valence-corrected chi connectivity index (χ3v) is 3.90. The van der Waals surface area contributed by atoms with Gasteiger partial charge in [-0.05, 0) is 39.8 Å².